The number of amides is 1. The zero-order valence-corrected chi connectivity index (χ0v) is 18.0. The van der Waals surface area contributed by atoms with Gasteiger partial charge < -0.3 is 0 Å². The first kappa shape index (κ1) is 21.2. The Kier molecular flexibility index (Phi) is 6.42. The average Bonchev–Trinajstić information content (AvgIpc) is 3.29. The Morgan fingerprint density at radius 1 is 1.13 bits per heavy atom. The van der Waals surface area contributed by atoms with Crippen molar-refractivity contribution < 1.29 is 9.18 Å². The van der Waals surface area contributed by atoms with Gasteiger partial charge in [0, 0.05) is 31.6 Å². The summed E-state index contributed by atoms with van der Waals surface area (Å²) in [7, 11) is 0. The number of aromatic nitrogens is 3. The lowest BCUT2D eigenvalue weighted by Crippen LogP contribution is -2.48. The van der Waals surface area contributed by atoms with Gasteiger partial charge in [0.2, 0.25) is 5.91 Å². The van der Waals surface area contributed by atoms with E-state index in [1.807, 2.05) is 13.0 Å². The number of carbonyl (C=O) groups excluding carboxylic acids is 1. The monoisotopic (exact) mass is 421 g/mol. The molecule has 0 bridgehead atoms. The summed E-state index contributed by atoms with van der Waals surface area (Å²) in [4.78, 5) is 18.5. The molecule has 1 aromatic heterocycles. The van der Waals surface area contributed by atoms with Crippen molar-refractivity contribution in [3.8, 4) is 5.69 Å². The van der Waals surface area contributed by atoms with Crippen LogP contribution >= 0.6 is 0 Å². The van der Waals surface area contributed by atoms with E-state index in [4.69, 9.17) is 0 Å². The molecule has 0 aliphatic carbocycles. The smallest absolute Gasteiger partial charge is 0.228 e. The van der Waals surface area contributed by atoms with Crippen LogP contribution in [0.25, 0.3) is 5.69 Å². The molecule has 2 aromatic carbocycles. The molecule has 1 fully saturated rings. The molecule has 1 aliphatic heterocycles. The van der Waals surface area contributed by atoms with Gasteiger partial charge in [-0.3, -0.25) is 14.6 Å². The highest BCUT2D eigenvalue weighted by Crippen LogP contribution is 2.28. The first-order chi connectivity index (χ1) is 15.1. The molecule has 31 heavy (non-hydrogen) atoms. The number of hydrogen-bond donors (Lipinski definition) is 0. The first-order valence-electron chi connectivity index (χ1n) is 10.9. The molecule has 1 atom stereocenters. The number of anilines is 1. The number of carbonyl (C=O) groups is 1. The fourth-order valence-electron chi connectivity index (χ4n) is 4.23. The first-order valence-corrected chi connectivity index (χ1v) is 10.9. The summed E-state index contributed by atoms with van der Waals surface area (Å²) in [5.74, 6) is 0.279. The molecule has 7 heteroatoms. The second-order valence-electron chi connectivity index (χ2n) is 7.94. The third-order valence-corrected chi connectivity index (χ3v) is 6.05. The Bertz CT molecular complexity index is 996. The Hall–Kier alpha value is -3.06. The summed E-state index contributed by atoms with van der Waals surface area (Å²) >= 11 is 0. The highest BCUT2D eigenvalue weighted by Gasteiger charge is 2.31. The fourth-order valence-corrected chi connectivity index (χ4v) is 4.23. The van der Waals surface area contributed by atoms with Gasteiger partial charge in [-0.15, -0.1) is 9.90 Å². The van der Waals surface area contributed by atoms with Crippen LogP contribution in [0, 0.1) is 5.82 Å². The molecule has 1 saturated heterocycles. The molecule has 1 amide bonds. The standard InChI is InChI=1S/C24H28FN5O/c1-3-24(31)29(23-17-26-30(27-23)22-11-9-20(25)10-12-22)21-13-15-28(16-14-21)18(2)19-7-5-4-6-8-19/h4-12,17-18,21H,3,13-16H2,1-2H3. The highest BCUT2D eigenvalue weighted by molar-refractivity contribution is 5.92. The van der Waals surface area contributed by atoms with Crippen LogP contribution in [0.15, 0.2) is 60.8 Å². The van der Waals surface area contributed by atoms with Gasteiger partial charge >= 0.3 is 0 Å². The highest BCUT2D eigenvalue weighted by atomic mass is 19.1. The van der Waals surface area contributed by atoms with E-state index < -0.39 is 0 Å². The number of benzene rings is 2. The minimum absolute atomic E-state index is 0.0423. The van der Waals surface area contributed by atoms with Crippen molar-refractivity contribution in [3.05, 3.63) is 72.2 Å². The van der Waals surface area contributed by atoms with Gasteiger partial charge in [-0.25, -0.2) is 4.39 Å². The molecule has 1 aliphatic rings. The molecule has 6 nitrogen and oxygen atoms in total. The van der Waals surface area contributed by atoms with Gasteiger partial charge in [0.1, 0.15) is 5.82 Å². The number of likely N-dealkylation sites (tertiary alicyclic amines) is 1. The summed E-state index contributed by atoms with van der Waals surface area (Å²) in [6.07, 6.45) is 3.79. The molecular formula is C24H28FN5O. The van der Waals surface area contributed by atoms with Crippen LogP contribution in [0.5, 0.6) is 0 Å². The summed E-state index contributed by atoms with van der Waals surface area (Å²) in [6, 6.07) is 16.9. The predicted molar refractivity (Wildman–Crippen MR) is 119 cm³/mol. The van der Waals surface area contributed by atoms with Crippen LogP contribution in [-0.4, -0.2) is 44.9 Å². The zero-order valence-electron chi connectivity index (χ0n) is 18.0. The fraction of sp³-hybridized carbons (Fsp3) is 0.375. The normalized spacial score (nSPS) is 16.2. The Balaban J connectivity index is 1.48. The second kappa shape index (κ2) is 9.39. The molecular weight excluding hydrogens is 393 g/mol. The van der Waals surface area contributed by atoms with E-state index in [1.165, 1.54) is 22.5 Å². The number of hydrogen-bond acceptors (Lipinski definition) is 4. The van der Waals surface area contributed by atoms with Gasteiger partial charge in [0.25, 0.3) is 0 Å². The number of halogens is 1. The van der Waals surface area contributed by atoms with Gasteiger partial charge in [-0.2, -0.15) is 5.10 Å². The van der Waals surface area contributed by atoms with Crippen LogP contribution in [0.4, 0.5) is 10.2 Å². The molecule has 4 rings (SSSR count). The molecule has 0 radical (unpaired) electrons. The minimum Gasteiger partial charge on any atom is -0.296 e. The molecule has 0 saturated carbocycles. The van der Waals surface area contributed by atoms with Crippen molar-refractivity contribution in [2.45, 2.75) is 45.2 Å². The summed E-state index contributed by atoms with van der Waals surface area (Å²) < 4.78 is 13.2. The van der Waals surface area contributed by atoms with Crippen molar-refractivity contribution >= 4 is 11.7 Å². The quantitative estimate of drug-likeness (QED) is 0.593. The van der Waals surface area contributed by atoms with Gasteiger partial charge in [-0.1, -0.05) is 37.3 Å². The van der Waals surface area contributed by atoms with Crippen LogP contribution in [-0.2, 0) is 4.79 Å². The average molecular weight is 422 g/mol. The van der Waals surface area contributed by atoms with Crippen LogP contribution in [0.1, 0.15) is 44.7 Å². The topological polar surface area (TPSA) is 54.3 Å². The van der Waals surface area contributed by atoms with Crippen molar-refractivity contribution in [3.63, 3.8) is 0 Å². The van der Waals surface area contributed by atoms with Crippen molar-refractivity contribution in [2.24, 2.45) is 0 Å². The van der Waals surface area contributed by atoms with Crippen LogP contribution < -0.4 is 4.90 Å². The molecule has 0 N–H and O–H groups in total. The molecule has 162 valence electrons. The van der Waals surface area contributed by atoms with E-state index >= 15 is 0 Å². The molecule has 1 unspecified atom stereocenters. The third-order valence-electron chi connectivity index (χ3n) is 6.05. The Labute approximate surface area is 182 Å². The lowest BCUT2D eigenvalue weighted by atomic mass is 9.99. The SMILES string of the molecule is CCC(=O)N(c1cnn(-c2ccc(F)cc2)n1)C1CCN(C(C)c2ccccc2)CC1. The third kappa shape index (κ3) is 4.66. The van der Waals surface area contributed by atoms with Crippen LogP contribution in [0.3, 0.4) is 0 Å². The summed E-state index contributed by atoms with van der Waals surface area (Å²) in [5.41, 5.74) is 1.97. The van der Waals surface area contributed by atoms with E-state index in [-0.39, 0.29) is 17.8 Å². The molecule has 0 spiro atoms. The number of nitrogens with zero attached hydrogens (tertiary/aromatic N) is 5. The van der Waals surface area contributed by atoms with Gasteiger partial charge in [-0.05, 0) is 49.6 Å². The van der Waals surface area contributed by atoms with Gasteiger partial charge in [0.15, 0.2) is 5.82 Å². The summed E-state index contributed by atoms with van der Waals surface area (Å²) in [5, 5.41) is 8.84. The van der Waals surface area contributed by atoms with E-state index in [0.29, 0.717) is 24.0 Å². The number of rotatable bonds is 6. The van der Waals surface area contributed by atoms with E-state index in [1.54, 1.807) is 23.2 Å². The van der Waals surface area contributed by atoms with Crippen LogP contribution in [0.2, 0.25) is 0 Å². The maximum atomic E-state index is 13.2. The van der Waals surface area contributed by atoms with Crippen molar-refractivity contribution in [1.82, 2.24) is 19.9 Å². The van der Waals surface area contributed by atoms with E-state index in [2.05, 4.69) is 46.3 Å². The Morgan fingerprint density at radius 2 is 1.81 bits per heavy atom. The zero-order chi connectivity index (χ0) is 21.8. The van der Waals surface area contributed by atoms with E-state index in [0.717, 1.165) is 25.9 Å². The van der Waals surface area contributed by atoms with Crippen molar-refractivity contribution in [1.29, 1.82) is 0 Å². The molecule has 3 aromatic rings. The summed E-state index contributed by atoms with van der Waals surface area (Å²) in [6.45, 7) is 5.94. The van der Waals surface area contributed by atoms with Crippen molar-refractivity contribution in [2.75, 3.05) is 18.0 Å². The lowest BCUT2D eigenvalue weighted by molar-refractivity contribution is -0.119. The Morgan fingerprint density at radius 3 is 2.45 bits per heavy atom. The van der Waals surface area contributed by atoms with E-state index in [9.17, 15) is 9.18 Å². The maximum Gasteiger partial charge on any atom is 0.228 e. The maximum absolute atomic E-state index is 13.2. The molecule has 2 heterocycles. The predicted octanol–water partition coefficient (Wildman–Crippen LogP) is 4.38. The lowest BCUT2D eigenvalue weighted by Gasteiger charge is -2.40. The second-order valence-corrected chi connectivity index (χ2v) is 7.94. The van der Waals surface area contributed by atoms with Gasteiger partial charge in [0.05, 0.1) is 11.9 Å². The minimum atomic E-state index is -0.310. The number of piperidine rings is 1. The largest absolute Gasteiger partial charge is 0.296 e.